The minimum Gasteiger partial charge on any atom is -0.457 e. The Balaban J connectivity index is 1.39. The summed E-state index contributed by atoms with van der Waals surface area (Å²) in [5.74, 6) is 0.995. The summed E-state index contributed by atoms with van der Waals surface area (Å²) in [6.45, 7) is 0. The third-order valence-electron chi connectivity index (χ3n) is 4.67. The van der Waals surface area contributed by atoms with Gasteiger partial charge in [0.2, 0.25) is 0 Å². The lowest BCUT2D eigenvalue weighted by Crippen LogP contribution is -1.91. The number of fused-ring (bicyclic) bond motifs is 1. The molecule has 5 heteroatoms. The molecule has 0 amide bonds. The minimum absolute atomic E-state index is 0.285. The molecule has 0 saturated heterocycles. The van der Waals surface area contributed by atoms with Crippen molar-refractivity contribution in [3.05, 3.63) is 103 Å². The van der Waals surface area contributed by atoms with E-state index < -0.39 is 0 Å². The second-order valence-electron chi connectivity index (χ2n) is 6.62. The molecular weight excluding hydrogens is 365 g/mol. The van der Waals surface area contributed by atoms with E-state index in [9.17, 15) is 4.39 Å². The van der Waals surface area contributed by atoms with Crippen molar-refractivity contribution in [2.75, 3.05) is 0 Å². The van der Waals surface area contributed by atoms with Crippen LogP contribution in [0.15, 0.2) is 97.6 Å². The molecule has 2 aromatic heterocycles. The van der Waals surface area contributed by atoms with Crippen LogP contribution in [0.4, 0.5) is 4.39 Å². The Morgan fingerprint density at radius 2 is 1.55 bits per heavy atom. The van der Waals surface area contributed by atoms with Gasteiger partial charge in [0.15, 0.2) is 0 Å². The average molecular weight is 381 g/mol. The summed E-state index contributed by atoms with van der Waals surface area (Å²) in [5.41, 5.74) is 3.86. The molecule has 0 radical (unpaired) electrons. The highest BCUT2D eigenvalue weighted by molar-refractivity contribution is 5.83. The van der Waals surface area contributed by atoms with Gasteiger partial charge in [-0.3, -0.25) is 0 Å². The maximum absolute atomic E-state index is 13.0. The third-order valence-corrected chi connectivity index (χ3v) is 4.67. The van der Waals surface area contributed by atoms with E-state index in [0.717, 1.165) is 27.8 Å². The molecule has 140 valence electrons. The number of aromatic nitrogens is 3. The molecule has 0 fully saturated rings. The predicted molar refractivity (Wildman–Crippen MR) is 111 cm³/mol. The van der Waals surface area contributed by atoms with Gasteiger partial charge in [-0.2, -0.15) is 0 Å². The van der Waals surface area contributed by atoms with Gasteiger partial charge >= 0.3 is 0 Å². The van der Waals surface area contributed by atoms with E-state index >= 15 is 0 Å². The van der Waals surface area contributed by atoms with Gasteiger partial charge in [-0.1, -0.05) is 6.07 Å². The lowest BCUT2D eigenvalue weighted by Gasteiger charge is -2.08. The van der Waals surface area contributed by atoms with Gasteiger partial charge in [0.05, 0.1) is 17.5 Å². The molecule has 0 aliphatic heterocycles. The summed E-state index contributed by atoms with van der Waals surface area (Å²) in [4.78, 5) is 8.87. The Hall–Kier alpha value is -3.99. The third kappa shape index (κ3) is 3.58. The smallest absolute Gasteiger partial charge is 0.127 e. The van der Waals surface area contributed by atoms with Gasteiger partial charge in [0.25, 0.3) is 0 Å². The number of benzene rings is 3. The Bertz CT molecular complexity index is 1260. The zero-order valence-electron chi connectivity index (χ0n) is 15.4. The zero-order valence-corrected chi connectivity index (χ0v) is 15.4. The molecule has 0 N–H and O–H groups in total. The molecule has 4 nitrogen and oxygen atoms in total. The summed E-state index contributed by atoms with van der Waals surface area (Å²) < 4.78 is 20.7. The van der Waals surface area contributed by atoms with Crippen LogP contribution in [0.3, 0.4) is 0 Å². The van der Waals surface area contributed by atoms with Gasteiger partial charge < -0.3 is 9.30 Å². The Kier molecular flexibility index (Phi) is 4.26. The number of rotatable bonds is 4. The minimum atomic E-state index is -0.285. The monoisotopic (exact) mass is 381 g/mol. The van der Waals surface area contributed by atoms with Crippen molar-refractivity contribution in [3.8, 4) is 28.4 Å². The first-order valence-corrected chi connectivity index (χ1v) is 9.18. The van der Waals surface area contributed by atoms with Crippen molar-refractivity contribution < 1.29 is 9.13 Å². The van der Waals surface area contributed by atoms with Crippen molar-refractivity contribution in [3.63, 3.8) is 0 Å². The fourth-order valence-electron chi connectivity index (χ4n) is 3.18. The summed E-state index contributed by atoms with van der Waals surface area (Å²) in [6.07, 6.45) is 5.45. The van der Waals surface area contributed by atoms with E-state index in [1.807, 2.05) is 53.2 Å². The largest absolute Gasteiger partial charge is 0.457 e. The van der Waals surface area contributed by atoms with Gasteiger partial charge in [0, 0.05) is 29.0 Å². The van der Waals surface area contributed by atoms with Crippen molar-refractivity contribution in [1.29, 1.82) is 0 Å². The maximum atomic E-state index is 13.0. The quantitative estimate of drug-likeness (QED) is 0.382. The molecule has 0 saturated carbocycles. The SMILES string of the molecule is Fc1ccc(Oc2ccc(-c3ccc4cc(-n5ccnc5)ccc4n3)cc2)cc1. The Labute approximate surface area is 166 Å². The fraction of sp³-hybridized carbons (Fsp3) is 0. The number of halogens is 1. The summed E-state index contributed by atoms with van der Waals surface area (Å²) in [5, 5.41) is 1.07. The van der Waals surface area contributed by atoms with Crippen LogP contribution in [-0.2, 0) is 0 Å². The second-order valence-corrected chi connectivity index (χ2v) is 6.62. The normalized spacial score (nSPS) is 10.9. The van der Waals surface area contributed by atoms with Crippen molar-refractivity contribution in [1.82, 2.24) is 14.5 Å². The fourth-order valence-corrected chi connectivity index (χ4v) is 3.18. The highest BCUT2D eigenvalue weighted by Crippen LogP contribution is 2.27. The molecule has 3 aromatic carbocycles. The molecule has 0 atom stereocenters. The van der Waals surface area contributed by atoms with Crippen LogP contribution in [0, 0.1) is 5.82 Å². The Morgan fingerprint density at radius 3 is 2.28 bits per heavy atom. The van der Waals surface area contributed by atoms with Gasteiger partial charge in [-0.25, -0.2) is 14.4 Å². The maximum Gasteiger partial charge on any atom is 0.127 e. The highest BCUT2D eigenvalue weighted by Gasteiger charge is 2.05. The lowest BCUT2D eigenvalue weighted by molar-refractivity contribution is 0.480. The van der Waals surface area contributed by atoms with Gasteiger partial charge in [-0.05, 0) is 72.8 Å². The molecule has 2 heterocycles. The van der Waals surface area contributed by atoms with Crippen LogP contribution in [0.5, 0.6) is 11.5 Å². The van der Waals surface area contributed by atoms with E-state index in [0.29, 0.717) is 11.5 Å². The summed E-state index contributed by atoms with van der Waals surface area (Å²) in [6, 6.07) is 23.9. The molecule has 0 aliphatic rings. The lowest BCUT2D eigenvalue weighted by atomic mass is 10.1. The number of hydrogen-bond acceptors (Lipinski definition) is 3. The predicted octanol–water partition coefficient (Wildman–Crippen LogP) is 6.02. The number of nitrogens with zero attached hydrogens (tertiary/aromatic N) is 3. The first kappa shape index (κ1) is 17.1. The van der Waals surface area contributed by atoms with Crippen LogP contribution >= 0.6 is 0 Å². The standard InChI is InChI=1S/C24H16FN3O/c25-19-4-9-22(10-5-19)29-21-7-1-17(2-8-21)23-11-3-18-15-20(6-12-24(18)27-23)28-14-13-26-16-28/h1-16H. The van der Waals surface area contributed by atoms with Crippen molar-refractivity contribution >= 4 is 10.9 Å². The molecule has 29 heavy (non-hydrogen) atoms. The molecule has 0 bridgehead atoms. The Morgan fingerprint density at radius 1 is 0.793 bits per heavy atom. The van der Waals surface area contributed by atoms with Crippen molar-refractivity contribution in [2.24, 2.45) is 0 Å². The number of ether oxygens (including phenoxy) is 1. The topological polar surface area (TPSA) is 39.9 Å². The molecule has 5 rings (SSSR count). The van der Waals surface area contributed by atoms with Crippen LogP contribution in [-0.4, -0.2) is 14.5 Å². The van der Waals surface area contributed by atoms with Crippen LogP contribution in [0.2, 0.25) is 0 Å². The van der Waals surface area contributed by atoms with Crippen LogP contribution in [0.25, 0.3) is 27.8 Å². The summed E-state index contributed by atoms with van der Waals surface area (Å²) >= 11 is 0. The molecular formula is C24H16FN3O. The van der Waals surface area contributed by atoms with E-state index in [1.54, 1.807) is 24.7 Å². The number of imidazole rings is 1. The zero-order chi connectivity index (χ0) is 19.6. The van der Waals surface area contributed by atoms with E-state index in [2.05, 4.69) is 17.1 Å². The van der Waals surface area contributed by atoms with E-state index in [1.165, 1.54) is 12.1 Å². The van der Waals surface area contributed by atoms with E-state index in [4.69, 9.17) is 9.72 Å². The first-order chi connectivity index (χ1) is 14.2. The molecule has 0 aliphatic carbocycles. The summed E-state index contributed by atoms with van der Waals surface area (Å²) in [7, 11) is 0. The molecule has 0 spiro atoms. The van der Waals surface area contributed by atoms with Gasteiger partial charge in [0.1, 0.15) is 17.3 Å². The molecule has 5 aromatic rings. The van der Waals surface area contributed by atoms with Crippen LogP contribution in [0.1, 0.15) is 0 Å². The molecule has 0 unspecified atom stereocenters. The first-order valence-electron chi connectivity index (χ1n) is 9.18. The van der Waals surface area contributed by atoms with Crippen molar-refractivity contribution in [2.45, 2.75) is 0 Å². The van der Waals surface area contributed by atoms with E-state index in [-0.39, 0.29) is 5.82 Å². The second kappa shape index (κ2) is 7.20. The van der Waals surface area contributed by atoms with Gasteiger partial charge in [-0.15, -0.1) is 0 Å². The highest BCUT2D eigenvalue weighted by atomic mass is 19.1. The van der Waals surface area contributed by atoms with Crippen LogP contribution < -0.4 is 4.74 Å². The average Bonchev–Trinajstić information content (AvgIpc) is 3.30. The number of pyridine rings is 1. The number of hydrogen-bond donors (Lipinski definition) is 0.